The molecule has 0 unspecified atom stereocenters. The Labute approximate surface area is 155 Å². The van der Waals surface area contributed by atoms with Crippen molar-refractivity contribution >= 4 is 27.8 Å². The predicted octanol–water partition coefficient (Wildman–Crippen LogP) is 1.82. The summed E-state index contributed by atoms with van der Waals surface area (Å²) in [6.07, 6.45) is 1.46. The zero-order chi connectivity index (χ0) is 18.0. The lowest BCUT2D eigenvalue weighted by Gasteiger charge is -2.34. The van der Waals surface area contributed by atoms with Gasteiger partial charge in [-0.05, 0) is 49.3 Å². The number of hydrogen-bond acceptors (Lipinski definition) is 6. The zero-order valence-corrected chi connectivity index (χ0v) is 16.2. The summed E-state index contributed by atoms with van der Waals surface area (Å²) in [4.78, 5) is 25.9. The fourth-order valence-electron chi connectivity index (χ4n) is 3.26. The lowest BCUT2D eigenvalue weighted by Crippen LogP contribution is -2.48. The molecule has 0 bridgehead atoms. The number of likely N-dealkylation sites (tertiary alicyclic amines) is 1. The van der Waals surface area contributed by atoms with Gasteiger partial charge in [0, 0.05) is 32.2 Å². The first-order valence-electron chi connectivity index (χ1n) is 8.55. The second kappa shape index (κ2) is 7.74. The van der Waals surface area contributed by atoms with Crippen LogP contribution in [0, 0.1) is 6.92 Å². The standard InChI is InChI=1S/C16H24BrN5O3/c1-11-13(17)14(21-6-8-22(9-7-21)16(23)24)19-15(18-11)25-10-12-4-3-5-20(12)2/h12H,3-10H2,1-2H3,(H,23,24)/t12-/m0/s1. The number of anilines is 1. The third kappa shape index (κ3) is 4.14. The van der Waals surface area contributed by atoms with Crippen LogP contribution in [0.1, 0.15) is 18.5 Å². The maximum Gasteiger partial charge on any atom is 0.407 e. The average Bonchev–Trinajstić information content (AvgIpc) is 3.01. The van der Waals surface area contributed by atoms with E-state index in [1.165, 1.54) is 11.3 Å². The van der Waals surface area contributed by atoms with Crippen LogP contribution in [0.25, 0.3) is 0 Å². The largest absolute Gasteiger partial charge is 0.465 e. The van der Waals surface area contributed by atoms with Gasteiger partial charge in [-0.1, -0.05) is 0 Å². The third-order valence-electron chi connectivity index (χ3n) is 4.90. The Hall–Kier alpha value is -1.61. The number of ether oxygens (including phenoxy) is 1. The second-order valence-corrected chi connectivity index (χ2v) is 7.37. The number of nitrogens with zero attached hydrogens (tertiary/aromatic N) is 5. The fraction of sp³-hybridized carbons (Fsp3) is 0.688. The smallest absolute Gasteiger partial charge is 0.407 e. The minimum Gasteiger partial charge on any atom is -0.465 e. The van der Waals surface area contributed by atoms with Gasteiger partial charge in [-0.25, -0.2) is 4.79 Å². The molecule has 9 heteroatoms. The average molecular weight is 414 g/mol. The summed E-state index contributed by atoms with van der Waals surface area (Å²) in [6.45, 7) is 5.74. The van der Waals surface area contributed by atoms with Crippen LogP contribution in [0.2, 0.25) is 0 Å². The summed E-state index contributed by atoms with van der Waals surface area (Å²) in [5.74, 6) is 0.771. The van der Waals surface area contributed by atoms with Crippen molar-refractivity contribution in [3.8, 4) is 6.01 Å². The molecule has 0 aliphatic carbocycles. The van der Waals surface area contributed by atoms with E-state index in [0.717, 1.165) is 29.0 Å². The van der Waals surface area contributed by atoms with E-state index in [0.29, 0.717) is 44.8 Å². The number of halogens is 1. The highest BCUT2D eigenvalue weighted by molar-refractivity contribution is 9.10. The van der Waals surface area contributed by atoms with Crippen molar-refractivity contribution in [2.24, 2.45) is 0 Å². The van der Waals surface area contributed by atoms with E-state index >= 15 is 0 Å². The lowest BCUT2D eigenvalue weighted by atomic mass is 10.2. The number of carboxylic acid groups (broad SMARTS) is 1. The molecule has 25 heavy (non-hydrogen) atoms. The Bertz CT molecular complexity index is 636. The SMILES string of the molecule is Cc1nc(OC[C@@H]2CCCN2C)nc(N2CCN(C(=O)O)CC2)c1Br. The molecule has 8 nitrogen and oxygen atoms in total. The molecule has 2 fully saturated rings. The molecule has 1 aromatic rings. The Kier molecular flexibility index (Phi) is 5.63. The zero-order valence-electron chi connectivity index (χ0n) is 14.6. The first-order valence-corrected chi connectivity index (χ1v) is 9.35. The van der Waals surface area contributed by atoms with Crippen molar-refractivity contribution in [3.05, 3.63) is 10.2 Å². The van der Waals surface area contributed by atoms with Crippen molar-refractivity contribution in [1.82, 2.24) is 19.8 Å². The van der Waals surface area contributed by atoms with Crippen LogP contribution in [-0.2, 0) is 0 Å². The van der Waals surface area contributed by atoms with Gasteiger partial charge in [-0.2, -0.15) is 9.97 Å². The number of aromatic nitrogens is 2. The summed E-state index contributed by atoms with van der Waals surface area (Å²) in [6, 6.07) is 0.798. The first-order chi connectivity index (χ1) is 12.0. The summed E-state index contributed by atoms with van der Waals surface area (Å²) in [5.41, 5.74) is 0.820. The van der Waals surface area contributed by atoms with Crippen LogP contribution in [0.4, 0.5) is 10.6 Å². The van der Waals surface area contributed by atoms with Crippen LogP contribution >= 0.6 is 15.9 Å². The second-order valence-electron chi connectivity index (χ2n) is 6.57. The molecule has 1 N–H and O–H groups in total. The molecule has 2 saturated heterocycles. The molecule has 0 aromatic carbocycles. The van der Waals surface area contributed by atoms with Crippen LogP contribution in [0.15, 0.2) is 4.47 Å². The fourth-order valence-corrected chi connectivity index (χ4v) is 3.69. The van der Waals surface area contributed by atoms with Gasteiger partial charge in [0.05, 0.1) is 10.2 Å². The maximum atomic E-state index is 11.1. The molecule has 0 saturated carbocycles. The Morgan fingerprint density at radius 1 is 1.28 bits per heavy atom. The van der Waals surface area contributed by atoms with E-state index in [2.05, 4.69) is 42.7 Å². The number of hydrogen-bond donors (Lipinski definition) is 1. The number of likely N-dealkylation sites (N-methyl/N-ethyl adjacent to an activating group) is 1. The van der Waals surface area contributed by atoms with Gasteiger partial charge < -0.3 is 24.5 Å². The molecule has 0 radical (unpaired) electrons. The molecule has 3 rings (SSSR count). The summed E-state index contributed by atoms with van der Waals surface area (Å²) >= 11 is 3.56. The number of piperazine rings is 1. The van der Waals surface area contributed by atoms with E-state index in [9.17, 15) is 4.79 Å². The molecule has 138 valence electrons. The molecule has 1 aromatic heterocycles. The summed E-state index contributed by atoms with van der Waals surface area (Å²) in [5, 5.41) is 9.08. The minimum atomic E-state index is -0.873. The minimum absolute atomic E-state index is 0.386. The van der Waals surface area contributed by atoms with Crippen LogP contribution in [0.3, 0.4) is 0 Å². The Morgan fingerprint density at radius 3 is 2.60 bits per heavy atom. The van der Waals surface area contributed by atoms with Gasteiger partial charge in [0.2, 0.25) is 0 Å². The number of amides is 1. The molecule has 2 aliphatic rings. The Morgan fingerprint density at radius 2 is 2.00 bits per heavy atom. The van der Waals surface area contributed by atoms with E-state index in [4.69, 9.17) is 9.84 Å². The first kappa shape index (κ1) is 18.2. The highest BCUT2D eigenvalue weighted by atomic mass is 79.9. The summed E-state index contributed by atoms with van der Waals surface area (Å²) in [7, 11) is 2.11. The molecule has 1 atom stereocenters. The lowest BCUT2D eigenvalue weighted by molar-refractivity contribution is 0.142. The van der Waals surface area contributed by atoms with Crippen LogP contribution in [0.5, 0.6) is 6.01 Å². The van der Waals surface area contributed by atoms with Gasteiger partial charge in [0.25, 0.3) is 0 Å². The molecular formula is C16H24BrN5O3. The van der Waals surface area contributed by atoms with Gasteiger partial charge in [-0.15, -0.1) is 0 Å². The van der Waals surface area contributed by atoms with Gasteiger partial charge in [-0.3, -0.25) is 0 Å². The Balaban J connectivity index is 1.69. The topological polar surface area (TPSA) is 82.0 Å². The normalized spacial score (nSPS) is 21.6. The highest BCUT2D eigenvalue weighted by Crippen LogP contribution is 2.29. The van der Waals surface area contributed by atoms with Crippen molar-refractivity contribution in [2.45, 2.75) is 25.8 Å². The number of carbonyl (C=O) groups is 1. The maximum absolute atomic E-state index is 11.1. The van der Waals surface area contributed by atoms with E-state index < -0.39 is 6.09 Å². The van der Waals surface area contributed by atoms with Crippen LogP contribution in [-0.4, -0.2) is 83.4 Å². The van der Waals surface area contributed by atoms with Crippen molar-refractivity contribution in [1.29, 1.82) is 0 Å². The number of rotatable bonds is 4. The third-order valence-corrected chi connectivity index (χ3v) is 5.83. The van der Waals surface area contributed by atoms with Crippen LogP contribution < -0.4 is 9.64 Å². The van der Waals surface area contributed by atoms with Crippen molar-refractivity contribution in [2.75, 3.05) is 51.3 Å². The van der Waals surface area contributed by atoms with Crippen molar-refractivity contribution in [3.63, 3.8) is 0 Å². The quantitative estimate of drug-likeness (QED) is 0.805. The predicted molar refractivity (Wildman–Crippen MR) is 97.4 cm³/mol. The molecular weight excluding hydrogens is 390 g/mol. The van der Waals surface area contributed by atoms with Gasteiger partial charge in [0.15, 0.2) is 5.82 Å². The summed E-state index contributed by atoms with van der Waals surface area (Å²) < 4.78 is 6.71. The van der Waals surface area contributed by atoms with Gasteiger partial charge >= 0.3 is 12.1 Å². The molecule has 3 heterocycles. The van der Waals surface area contributed by atoms with E-state index in [-0.39, 0.29) is 0 Å². The van der Waals surface area contributed by atoms with E-state index in [1.807, 2.05) is 6.92 Å². The van der Waals surface area contributed by atoms with E-state index in [1.54, 1.807) is 0 Å². The monoisotopic (exact) mass is 413 g/mol. The highest BCUT2D eigenvalue weighted by Gasteiger charge is 2.25. The molecule has 0 spiro atoms. The number of aryl methyl sites for hydroxylation is 1. The molecule has 2 aliphatic heterocycles. The van der Waals surface area contributed by atoms with Gasteiger partial charge in [0.1, 0.15) is 6.61 Å². The molecule has 1 amide bonds. The van der Waals surface area contributed by atoms with Crippen molar-refractivity contribution < 1.29 is 14.6 Å².